The van der Waals surface area contributed by atoms with Crippen LogP contribution in [-0.2, 0) is 10.8 Å². The standard InChI is InChI=1S/C67H66N2/c1-45-21-18-31-56(50-41-51(66(2,3)4)44-52(42-50)67(5,6)7)65(45)69(62-34-17-14-28-57(62)59-32-20-25-48-24-19-30-55(64(48)59)47-22-10-8-11-23-47)54-38-35-46(36-39-54)49-37-40-63-60(43-49)58-29-15-16-33-61(58)68(63)53-26-12-9-13-27-53/h9,12-20,24-45,47H,8,10-11,21-23H2,1-7H3. The van der Waals surface area contributed by atoms with Crippen molar-refractivity contribution in [2.24, 2.45) is 5.92 Å². The summed E-state index contributed by atoms with van der Waals surface area (Å²) >= 11 is 0. The van der Waals surface area contributed by atoms with Gasteiger partial charge in [0.05, 0.1) is 16.7 Å². The summed E-state index contributed by atoms with van der Waals surface area (Å²) in [6.07, 6.45) is 12.3. The van der Waals surface area contributed by atoms with E-state index in [1.807, 2.05) is 0 Å². The number of hydrogen-bond donors (Lipinski definition) is 0. The maximum absolute atomic E-state index is 2.64. The number of rotatable bonds is 8. The second-order valence-corrected chi connectivity index (χ2v) is 22.0. The van der Waals surface area contributed by atoms with Crippen LogP contribution in [0.1, 0.15) is 115 Å². The van der Waals surface area contributed by atoms with Crippen molar-refractivity contribution in [3.8, 4) is 27.9 Å². The van der Waals surface area contributed by atoms with Gasteiger partial charge in [-0.1, -0.05) is 207 Å². The molecule has 2 nitrogen and oxygen atoms in total. The zero-order valence-corrected chi connectivity index (χ0v) is 41.7. The first-order valence-electron chi connectivity index (χ1n) is 25.6. The normalized spacial score (nSPS) is 16.0. The Morgan fingerprint density at radius 3 is 1.90 bits per heavy atom. The van der Waals surface area contributed by atoms with Gasteiger partial charge in [-0.3, -0.25) is 0 Å². The first-order valence-corrected chi connectivity index (χ1v) is 25.6. The van der Waals surface area contributed by atoms with Gasteiger partial charge in [0.2, 0.25) is 0 Å². The lowest BCUT2D eigenvalue weighted by Gasteiger charge is -2.37. The molecule has 2 aliphatic carbocycles. The van der Waals surface area contributed by atoms with E-state index in [-0.39, 0.29) is 16.7 Å². The minimum atomic E-state index is -0.00722. The molecule has 0 bridgehead atoms. The van der Waals surface area contributed by atoms with Crippen molar-refractivity contribution in [1.82, 2.24) is 4.57 Å². The van der Waals surface area contributed by atoms with E-state index in [0.29, 0.717) is 5.92 Å². The largest absolute Gasteiger partial charge is 0.313 e. The minimum absolute atomic E-state index is 0.00722. The van der Waals surface area contributed by atoms with Crippen molar-refractivity contribution >= 4 is 49.5 Å². The topological polar surface area (TPSA) is 8.17 Å². The van der Waals surface area contributed by atoms with Gasteiger partial charge in [-0.15, -0.1) is 0 Å². The van der Waals surface area contributed by atoms with E-state index in [9.17, 15) is 0 Å². The quantitative estimate of drug-likeness (QED) is 0.148. The lowest BCUT2D eigenvalue weighted by Crippen LogP contribution is -2.25. The molecule has 0 radical (unpaired) electrons. The molecule has 69 heavy (non-hydrogen) atoms. The van der Waals surface area contributed by atoms with E-state index in [0.717, 1.165) is 6.42 Å². The van der Waals surface area contributed by atoms with Crippen LogP contribution >= 0.6 is 0 Å². The second-order valence-electron chi connectivity index (χ2n) is 22.0. The Morgan fingerprint density at radius 1 is 0.522 bits per heavy atom. The van der Waals surface area contributed by atoms with Crippen molar-refractivity contribution in [3.63, 3.8) is 0 Å². The zero-order chi connectivity index (χ0) is 47.4. The monoisotopic (exact) mass is 899 g/mol. The van der Waals surface area contributed by atoms with Crippen LogP contribution in [-0.4, -0.2) is 4.57 Å². The molecule has 0 saturated heterocycles. The number of aromatic nitrogens is 1. The predicted octanol–water partition coefficient (Wildman–Crippen LogP) is 19.1. The summed E-state index contributed by atoms with van der Waals surface area (Å²) in [6, 6.07) is 66.7. The average Bonchev–Trinajstić information content (AvgIpc) is 3.70. The van der Waals surface area contributed by atoms with Gasteiger partial charge in [0.15, 0.2) is 0 Å². The molecule has 344 valence electrons. The van der Waals surface area contributed by atoms with Gasteiger partial charge in [-0.25, -0.2) is 0 Å². The first kappa shape index (κ1) is 44.6. The molecule has 1 fully saturated rings. The summed E-state index contributed by atoms with van der Waals surface area (Å²) in [7, 11) is 0. The average molecular weight is 899 g/mol. The Labute approximate surface area is 410 Å². The fourth-order valence-corrected chi connectivity index (χ4v) is 11.5. The fraction of sp³-hybridized carbons (Fsp3) is 0.254. The third kappa shape index (κ3) is 8.33. The Bertz CT molecular complexity index is 3380. The molecule has 0 aliphatic heterocycles. The molecule has 11 rings (SSSR count). The summed E-state index contributed by atoms with van der Waals surface area (Å²) in [6.45, 7) is 16.5. The highest BCUT2D eigenvalue weighted by molar-refractivity contribution is 6.10. The number of anilines is 2. The predicted molar refractivity (Wildman–Crippen MR) is 297 cm³/mol. The molecule has 2 heteroatoms. The molecule has 8 aromatic carbocycles. The Morgan fingerprint density at radius 2 is 1.16 bits per heavy atom. The molecule has 9 aromatic rings. The Hall–Kier alpha value is -6.90. The molecule has 1 heterocycles. The van der Waals surface area contributed by atoms with E-state index in [2.05, 4.69) is 246 Å². The van der Waals surface area contributed by atoms with Gasteiger partial charge in [0.1, 0.15) is 0 Å². The van der Waals surface area contributed by atoms with Crippen LogP contribution in [0.15, 0.2) is 194 Å². The third-order valence-corrected chi connectivity index (χ3v) is 15.3. The molecule has 0 N–H and O–H groups in total. The Kier molecular flexibility index (Phi) is 11.6. The molecule has 1 aromatic heterocycles. The molecular weight excluding hydrogens is 833 g/mol. The van der Waals surface area contributed by atoms with Crippen molar-refractivity contribution < 1.29 is 0 Å². The van der Waals surface area contributed by atoms with Crippen LogP contribution in [0.4, 0.5) is 11.4 Å². The van der Waals surface area contributed by atoms with Gasteiger partial charge >= 0.3 is 0 Å². The summed E-state index contributed by atoms with van der Waals surface area (Å²) in [5.41, 5.74) is 19.2. The molecule has 0 amide bonds. The van der Waals surface area contributed by atoms with E-state index in [4.69, 9.17) is 0 Å². The van der Waals surface area contributed by atoms with Gasteiger partial charge in [0.25, 0.3) is 0 Å². The van der Waals surface area contributed by atoms with Crippen molar-refractivity contribution in [3.05, 3.63) is 216 Å². The summed E-state index contributed by atoms with van der Waals surface area (Å²) in [4.78, 5) is 2.64. The van der Waals surface area contributed by atoms with Crippen LogP contribution in [0.5, 0.6) is 0 Å². The number of benzene rings is 8. The number of allylic oxidation sites excluding steroid dienone is 4. The minimum Gasteiger partial charge on any atom is -0.313 e. The number of fused-ring (bicyclic) bond motifs is 4. The summed E-state index contributed by atoms with van der Waals surface area (Å²) in [5.74, 6) is 0.835. The van der Waals surface area contributed by atoms with E-state index in [1.54, 1.807) is 0 Å². The number of hydrogen-bond acceptors (Lipinski definition) is 1. The number of nitrogens with zero attached hydrogens (tertiary/aromatic N) is 2. The highest BCUT2D eigenvalue weighted by Crippen LogP contribution is 2.48. The fourth-order valence-electron chi connectivity index (χ4n) is 11.5. The molecule has 1 atom stereocenters. The number of para-hydroxylation sites is 3. The lowest BCUT2D eigenvalue weighted by molar-refractivity contribution is 0.445. The SMILES string of the molecule is CC1CC=CC(c2cc(C(C)(C)C)cc(C(C)(C)C)c2)=C1N(c1ccc(-c2ccc3c(c2)c2ccccc2n3-c2ccccc2)cc1)c1ccccc1-c1cccc2cccc(C3CCCCC3)c12. The maximum atomic E-state index is 2.64. The first-order chi connectivity index (χ1) is 33.4. The maximum Gasteiger partial charge on any atom is 0.0541 e. The van der Waals surface area contributed by atoms with Gasteiger partial charge in [-0.2, -0.15) is 0 Å². The van der Waals surface area contributed by atoms with Crippen molar-refractivity contribution in [1.29, 1.82) is 0 Å². The van der Waals surface area contributed by atoms with Crippen LogP contribution in [0.25, 0.3) is 66.1 Å². The summed E-state index contributed by atoms with van der Waals surface area (Å²) in [5, 5.41) is 5.27. The highest BCUT2D eigenvalue weighted by Gasteiger charge is 2.30. The lowest BCUT2D eigenvalue weighted by atomic mass is 9.77. The zero-order valence-electron chi connectivity index (χ0n) is 41.7. The summed E-state index contributed by atoms with van der Waals surface area (Å²) < 4.78 is 2.40. The highest BCUT2D eigenvalue weighted by atomic mass is 15.2. The van der Waals surface area contributed by atoms with Crippen LogP contribution in [0.3, 0.4) is 0 Å². The van der Waals surface area contributed by atoms with Gasteiger partial charge in [-0.05, 0) is 134 Å². The third-order valence-electron chi connectivity index (χ3n) is 15.3. The van der Waals surface area contributed by atoms with Crippen LogP contribution < -0.4 is 4.90 Å². The van der Waals surface area contributed by atoms with Crippen molar-refractivity contribution in [2.45, 2.75) is 104 Å². The van der Waals surface area contributed by atoms with E-state index >= 15 is 0 Å². The van der Waals surface area contributed by atoms with Crippen molar-refractivity contribution in [2.75, 3.05) is 4.90 Å². The van der Waals surface area contributed by atoms with Gasteiger partial charge in [0, 0.05) is 44.9 Å². The van der Waals surface area contributed by atoms with E-state index < -0.39 is 0 Å². The smallest absolute Gasteiger partial charge is 0.0541 e. The molecule has 1 unspecified atom stereocenters. The second kappa shape index (κ2) is 17.9. The molecular formula is C67H66N2. The van der Waals surface area contributed by atoms with Crippen LogP contribution in [0, 0.1) is 5.92 Å². The van der Waals surface area contributed by atoms with E-state index in [1.165, 1.54) is 138 Å². The molecule has 1 saturated carbocycles. The van der Waals surface area contributed by atoms with Crippen LogP contribution in [0.2, 0.25) is 0 Å². The molecule has 2 aliphatic rings. The molecule has 0 spiro atoms. The van der Waals surface area contributed by atoms with Gasteiger partial charge < -0.3 is 9.47 Å². The Balaban J connectivity index is 1.12.